The van der Waals surface area contributed by atoms with Gasteiger partial charge in [0.1, 0.15) is 5.88 Å². The van der Waals surface area contributed by atoms with Gasteiger partial charge in [0.15, 0.2) is 0 Å². The van der Waals surface area contributed by atoms with Crippen molar-refractivity contribution in [3.8, 4) is 0 Å². The van der Waals surface area contributed by atoms with Crippen LogP contribution in [-0.2, 0) is 11.3 Å². The highest BCUT2D eigenvalue weighted by atomic mass is 35.5. The van der Waals surface area contributed by atoms with Crippen molar-refractivity contribution >= 4 is 17.5 Å². The van der Waals surface area contributed by atoms with Crippen LogP contribution in [0, 0.1) is 0 Å². The molecule has 1 saturated heterocycles. The number of halogens is 1. The highest BCUT2D eigenvalue weighted by Gasteiger charge is 2.29. The van der Waals surface area contributed by atoms with Crippen molar-refractivity contribution in [2.24, 2.45) is 0 Å². The molecule has 1 aromatic rings. The zero-order valence-corrected chi connectivity index (χ0v) is 12.1. The molecule has 0 spiro atoms. The smallest absolute Gasteiger partial charge is 0.237 e. The maximum atomic E-state index is 11.6. The summed E-state index contributed by atoms with van der Waals surface area (Å²) in [5, 5.41) is 0. The third-order valence-corrected chi connectivity index (χ3v) is 4.01. The molecule has 1 aliphatic rings. The number of hydrogen-bond donors (Lipinski definition) is 0. The van der Waals surface area contributed by atoms with Crippen LogP contribution in [0.3, 0.4) is 0 Å². The predicted molar refractivity (Wildman–Crippen MR) is 78.2 cm³/mol. The van der Waals surface area contributed by atoms with Gasteiger partial charge in [0.25, 0.3) is 0 Å². The second kappa shape index (κ2) is 6.92. The van der Waals surface area contributed by atoms with E-state index in [2.05, 4.69) is 36.1 Å². The first kappa shape index (κ1) is 14.4. The Hall–Kier alpha value is -1.06. The molecule has 2 rings (SSSR count). The summed E-state index contributed by atoms with van der Waals surface area (Å²) >= 11 is 5.62. The van der Waals surface area contributed by atoms with Gasteiger partial charge in [-0.3, -0.25) is 9.69 Å². The largest absolute Gasteiger partial charge is 0.340 e. The number of carbonyl (C=O) groups excluding carboxylic acids is 1. The number of alkyl halides is 1. The second-order valence-electron chi connectivity index (χ2n) is 4.96. The number of amides is 1. The average Bonchev–Trinajstić information content (AvgIpc) is 2.94. The maximum absolute atomic E-state index is 11.6. The Kier molecular flexibility index (Phi) is 5.23. The molecule has 0 bridgehead atoms. The normalized spacial score (nSPS) is 19.1. The lowest BCUT2D eigenvalue weighted by Crippen LogP contribution is -2.38. The van der Waals surface area contributed by atoms with E-state index in [1.807, 2.05) is 11.0 Å². The molecule has 0 N–H and O–H groups in total. The molecule has 0 unspecified atom stereocenters. The van der Waals surface area contributed by atoms with Gasteiger partial charge in [0.2, 0.25) is 5.91 Å². The van der Waals surface area contributed by atoms with Gasteiger partial charge in [-0.1, -0.05) is 37.3 Å². The van der Waals surface area contributed by atoms with Crippen molar-refractivity contribution in [1.82, 2.24) is 9.80 Å². The Morgan fingerprint density at radius 3 is 2.79 bits per heavy atom. The number of hydrogen-bond acceptors (Lipinski definition) is 2. The van der Waals surface area contributed by atoms with Crippen LogP contribution in [0.1, 0.15) is 18.9 Å². The fraction of sp³-hybridized carbons (Fsp3) is 0.533. The summed E-state index contributed by atoms with van der Waals surface area (Å²) in [6, 6.07) is 10.9. The van der Waals surface area contributed by atoms with Crippen molar-refractivity contribution in [3.63, 3.8) is 0 Å². The molecule has 0 aromatic heterocycles. The van der Waals surface area contributed by atoms with Crippen LogP contribution >= 0.6 is 11.6 Å². The van der Waals surface area contributed by atoms with Crippen molar-refractivity contribution in [1.29, 1.82) is 0 Å². The third kappa shape index (κ3) is 3.71. The minimum Gasteiger partial charge on any atom is -0.340 e. The number of benzene rings is 1. The molecular weight excluding hydrogens is 260 g/mol. The Bertz CT molecular complexity index is 410. The predicted octanol–water partition coefficient (Wildman–Crippen LogP) is 2.35. The highest BCUT2D eigenvalue weighted by Crippen LogP contribution is 2.18. The standard InChI is InChI=1S/C15H21ClN2O/c1-2-17(11-13-6-4-3-5-7-13)14-8-9-18(12-14)15(19)10-16/h3-7,14H,2,8-12H2,1H3/t14-/m0/s1. The van der Waals surface area contributed by atoms with Crippen LogP contribution in [0.25, 0.3) is 0 Å². The summed E-state index contributed by atoms with van der Waals surface area (Å²) in [5.74, 6) is 0.150. The first-order chi connectivity index (χ1) is 9.24. The number of carbonyl (C=O) groups is 1. The number of nitrogens with zero attached hydrogens (tertiary/aromatic N) is 2. The third-order valence-electron chi connectivity index (χ3n) is 3.78. The molecule has 1 atom stereocenters. The molecule has 0 saturated carbocycles. The minimum absolute atomic E-state index is 0.0555. The molecule has 0 aliphatic carbocycles. The lowest BCUT2D eigenvalue weighted by atomic mass is 10.1. The van der Waals surface area contributed by atoms with E-state index in [0.717, 1.165) is 32.6 Å². The molecule has 19 heavy (non-hydrogen) atoms. The first-order valence-electron chi connectivity index (χ1n) is 6.86. The van der Waals surface area contributed by atoms with Gasteiger partial charge in [-0.05, 0) is 18.5 Å². The van der Waals surface area contributed by atoms with E-state index in [4.69, 9.17) is 11.6 Å². The number of likely N-dealkylation sites (tertiary alicyclic amines) is 1. The van der Waals surface area contributed by atoms with Crippen LogP contribution in [-0.4, -0.2) is 47.3 Å². The molecule has 104 valence electrons. The van der Waals surface area contributed by atoms with E-state index in [0.29, 0.717) is 6.04 Å². The van der Waals surface area contributed by atoms with Gasteiger partial charge in [0.05, 0.1) is 0 Å². The van der Waals surface area contributed by atoms with Crippen LogP contribution in [0.15, 0.2) is 30.3 Å². The van der Waals surface area contributed by atoms with Gasteiger partial charge in [-0.25, -0.2) is 0 Å². The Labute approximate surface area is 120 Å². The van der Waals surface area contributed by atoms with Crippen molar-refractivity contribution < 1.29 is 4.79 Å². The zero-order chi connectivity index (χ0) is 13.7. The first-order valence-corrected chi connectivity index (χ1v) is 7.39. The van der Waals surface area contributed by atoms with E-state index >= 15 is 0 Å². The molecule has 3 nitrogen and oxygen atoms in total. The van der Waals surface area contributed by atoms with Crippen LogP contribution in [0.5, 0.6) is 0 Å². The Morgan fingerprint density at radius 2 is 2.16 bits per heavy atom. The van der Waals surface area contributed by atoms with Crippen molar-refractivity contribution in [2.45, 2.75) is 25.9 Å². The maximum Gasteiger partial charge on any atom is 0.237 e. The van der Waals surface area contributed by atoms with Gasteiger partial charge < -0.3 is 4.90 Å². The molecule has 4 heteroatoms. The molecule has 1 fully saturated rings. The molecule has 1 aromatic carbocycles. The minimum atomic E-state index is 0.0555. The lowest BCUT2D eigenvalue weighted by molar-refractivity contribution is -0.127. The summed E-state index contributed by atoms with van der Waals surface area (Å²) in [6.07, 6.45) is 1.04. The van der Waals surface area contributed by atoms with Crippen LogP contribution in [0.2, 0.25) is 0 Å². The quantitative estimate of drug-likeness (QED) is 0.773. The summed E-state index contributed by atoms with van der Waals surface area (Å²) in [7, 11) is 0. The second-order valence-corrected chi connectivity index (χ2v) is 5.23. The Morgan fingerprint density at radius 1 is 1.42 bits per heavy atom. The van der Waals surface area contributed by atoms with Gasteiger partial charge in [0, 0.05) is 25.7 Å². The van der Waals surface area contributed by atoms with E-state index in [1.54, 1.807) is 0 Å². The van der Waals surface area contributed by atoms with E-state index in [1.165, 1.54) is 5.56 Å². The lowest BCUT2D eigenvalue weighted by Gasteiger charge is -2.27. The summed E-state index contributed by atoms with van der Waals surface area (Å²) in [5.41, 5.74) is 1.33. The molecule has 1 heterocycles. The average molecular weight is 281 g/mol. The molecular formula is C15H21ClN2O. The monoisotopic (exact) mass is 280 g/mol. The highest BCUT2D eigenvalue weighted by molar-refractivity contribution is 6.27. The van der Waals surface area contributed by atoms with Gasteiger partial charge >= 0.3 is 0 Å². The topological polar surface area (TPSA) is 23.6 Å². The SMILES string of the molecule is CCN(Cc1ccccc1)[C@H]1CCN(C(=O)CCl)C1. The number of rotatable bonds is 5. The zero-order valence-electron chi connectivity index (χ0n) is 11.4. The van der Waals surface area contributed by atoms with Crippen LogP contribution < -0.4 is 0 Å². The molecule has 1 aliphatic heterocycles. The fourth-order valence-corrected chi connectivity index (χ4v) is 2.84. The van der Waals surface area contributed by atoms with E-state index in [9.17, 15) is 4.79 Å². The van der Waals surface area contributed by atoms with Gasteiger partial charge in [-0.15, -0.1) is 11.6 Å². The van der Waals surface area contributed by atoms with E-state index in [-0.39, 0.29) is 11.8 Å². The molecule has 1 amide bonds. The van der Waals surface area contributed by atoms with Crippen LogP contribution in [0.4, 0.5) is 0 Å². The summed E-state index contributed by atoms with van der Waals surface area (Å²) < 4.78 is 0. The molecule has 0 radical (unpaired) electrons. The summed E-state index contributed by atoms with van der Waals surface area (Å²) in [4.78, 5) is 15.9. The van der Waals surface area contributed by atoms with Gasteiger partial charge in [-0.2, -0.15) is 0 Å². The Balaban J connectivity index is 1.94. The summed E-state index contributed by atoms with van der Waals surface area (Å²) in [6.45, 7) is 5.77. The van der Waals surface area contributed by atoms with Crippen molar-refractivity contribution in [3.05, 3.63) is 35.9 Å². The fourth-order valence-electron chi connectivity index (χ4n) is 2.67. The number of likely N-dealkylation sites (N-methyl/N-ethyl adjacent to an activating group) is 1. The van der Waals surface area contributed by atoms with Crippen molar-refractivity contribution in [2.75, 3.05) is 25.5 Å². The van der Waals surface area contributed by atoms with E-state index < -0.39 is 0 Å².